The summed E-state index contributed by atoms with van der Waals surface area (Å²) in [6.07, 6.45) is 0.386. The van der Waals surface area contributed by atoms with Gasteiger partial charge >= 0.3 is 6.09 Å². The standard InChI is InChI=1S/C9H17NO3/c1-9(2,3)10-7(6-11)4-5-13-8(10)12/h7,11H,4-6H2,1-3H3. The van der Waals surface area contributed by atoms with Crippen LogP contribution in [0.1, 0.15) is 27.2 Å². The first-order chi connectivity index (χ1) is 5.96. The van der Waals surface area contributed by atoms with Crippen molar-refractivity contribution in [2.75, 3.05) is 13.2 Å². The van der Waals surface area contributed by atoms with Crippen LogP contribution in [0.15, 0.2) is 0 Å². The van der Waals surface area contributed by atoms with E-state index in [2.05, 4.69) is 0 Å². The molecule has 0 saturated carbocycles. The van der Waals surface area contributed by atoms with Gasteiger partial charge in [-0.3, -0.25) is 4.90 Å². The van der Waals surface area contributed by atoms with Gasteiger partial charge in [0.15, 0.2) is 0 Å². The molecule has 1 aliphatic heterocycles. The van der Waals surface area contributed by atoms with Crippen LogP contribution in [0.4, 0.5) is 4.79 Å². The average Bonchev–Trinajstić information content (AvgIpc) is 2.01. The Labute approximate surface area is 78.5 Å². The zero-order valence-electron chi connectivity index (χ0n) is 8.41. The number of carbonyl (C=O) groups is 1. The lowest BCUT2D eigenvalue weighted by atomic mass is 10.0. The molecule has 1 fully saturated rings. The molecule has 1 saturated heterocycles. The summed E-state index contributed by atoms with van der Waals surface area (Å²) >= 11 is 0. The van der Waals surface area contributed by atoms with Gasteiger partial charge in [-0.25, -0.2) is 4.79 Å². The van der Waals surface area contributed by atoms with Crippen molar-refractivity contribution in [2.45, 2.75) is 38.8 Å². The van der Waals surface area contributed by atoms with E-state index in [0.29, 0.717) is 13.0 Å². The fourth-order valence-corrected chi connectivity index (χ4v) is 1.62. The number of cyclic esters (lactones) is 1. The van der Waals surface area contributed by atoms with Gasteiger partial charge in [0.05, 0.1) is 19.3 Å². The average molecular weight is 187 g/mol. The van der Waals surface area contributed by atoms with Crippen LogP contribution < -0.4 is 0 Å². The second-order valence-electron chi connectivity index (χ2n) is 4.28. The number of nitrogens with zero attached hydrogens (tertiary/aromatic N) is 1. The van der Waals surface area contributed by atoms with Crippen LogP contribution in [0.25, 0.3) is 0 Å². The van der Waals surface area contributed by atoms with Gasteiger partial charge in [-0.1, -0.05) is 0 Å². The highest BCUT2D eigenvalue weighted by molar-refractivity contribution is 5.69. The molecular weight excluding hydrogens is 170 g/mol. The maximum atomic E-state index is 11.4. The first-order valence-electron chi connectivity index (χ1n) is 4.54. The van der Waals surface area contributed by atoms with E-state index in [0.717, 1.165) is 0 Å². The van der Waals surface area contributed by atoms with E-state index in [1.807, 2.05) is 20.8 Å². The van der Waals surface area contributed by atoms with Crippen LogP contribution in [0.3, 0.4) is 0 Å². The third kappa shape index (κ3) is 2.12. The second-order valence-corrected chi connectivity index (χ2v) is 4.28. The second kappa shape index (κ2) is 3.54. The topological polar surface area (TPSA) is 49.8 Å². The molecule has 0 radical (unpaired) electrons. The molecule has 4 nitrogen and oxygen atoms in total. The summed E-state index contributed by atoms with van der Waals surface area (Å²) in [6, 6.07) is -0.0961. The summed E-state index contributed by atoms with van der Waals surface area (Å²) in [4.78, 5) is 13.0. The van der Waals surface area contributed by atoms with Gasteiger partial charge in [-0.05, 0) is 20.8 Å². The van der Waals surface area contributed by atoms with Gasteiger partial charge in [0.2, 0.25) is 0 Å². The van der Waals surface area contributed by atoms with Crippen molar-refractivity contribution in [3.8, 4) is 0 Å². The maximum Gasteiger partial charge on any atom is 0.410 e. The van der Waals surface area contributed by atoms with Crippen molar-refractivity contribution in [3.63, 3.8) is 0 Å². The molecule has 0 aromatic rings. The predicted octanol–water partition coefficient (Wildman–Crippen LogP) is 0.988. The van der Waals surface area contributed by atoms with E-state index in [-0.39, 0.29) is 24.3 Å². The molecule has 1 rings (SSSR count). The lowest BCUT2D eigenvalue weighted by molar-refractivity contribution is -0.0131. The molecule has 1 amide bonds. The Hall–Kier alpha value is -0.770. The summed E-state index contributed by atoms with van der Waals surface area (Å²) in [5.74, 6) is 0. The van der Waals surface area contributed by atoms with E-state index < -0.39 is 0 Å². The molecule has 0 bridgehead atoms. The van der Waals surface area contributed by atoms with Crippen LogP contribution in [-0.4, -0.2) is 40.9 Å². The number of hydrogen-bond donors (Lipinski definition) is 1. The molecule has 1 atom stereocenters. The normalized spacial score (nSPS) is 24.5. The van der Waals surface area contributed by atoms with E-state index in [1.54, 1.807) is 4.90 Å². The van der Waals surface area contributed by atoms with E-state index in [1.165, 1.54) is 0 Å². The summed E-state index contributed by atoms with van der Waals surface area (Å²) in [5, 5.41) is 9.09. The molecular formula is C9H17NO3. The van der Waals surface area contributed by atoms with Gasteiger partial charge in [0.1, 0.15) is 0 Å². The lowest BCUT2D eigenvalue weighted by Crippen LogP contribution is -2.56. The van der Waals surface area contributed by atoms with Gasteiger partial charge in [0, 0.05) is 12.0 Å². The molecule has 76 valence electrons. The zero-order chi connectivity index (χ0) is 10.1. The highest BCUT2D eigenvalue weighted by Crippen LogP contribution is 2.23. The van der Waals surface area contributed by atoms with Crippen molar-refractivity contribution >= 4 is 6.09 Å². The number of aliphatic hydroxyl groups excluding tert-OH is 1. The molecule has 4 heteroatoms. The van der Waals surface area contributed by atoms with Gasteiger partial charge in [-0.15, -0.1) is 0 Å². The van der Waals surface area contributed by atoms with E-state index in [9.17, 15) is 4.79 Å². The Morgan fingerprint density at radius 1 is 1.62 bits per heavy atom. The lowest BCUT2D eigenvalue weighted by Gasteiger charge is -2.42. The third-order valence-corrected chi connectivity index (χ3v) is 2.17. The van der Waals surface area contributed by atoms with Gasteiger partial charge < -0.3 is 9.84 Å². The van der Waals surface area contributed by atoms with Crippen LogP contribution in [-0.2, 0) is 4.74 Å². The Morgan fingerprint density at radius 3 is 2.62 bits per heavy atom. The van der Waals surface area contributed by atoms with Crippen molar-refractivity contribution in [1.29, 1.82) is 0 Å². The van der Waals surface area contributed by atoms with E-state index in [4.69, 9.17) is 9.84 Å². The minimum Gasteiger partial charge on any atom is -0.449 e. The molecule has 1 unspecified atom stereocenters. The highest BCUT2D eigenvalue weighted by Gasteiger charge is 2.36. The van der Waals surface area contributed by atoms with Crippen LogP contribution in [0.2, 0.25) is 0 Å². The molecule has 0 spiro atoms. The summed E-state index contributed by atoms with van der Waals surface area (Å²) in [6.45, 7) is 6.22. The Kier molecular flexibility index (Phi) is 2.81. The number of aliphatic hydroxyl groups is 1. The number of amides is 1. The summed E-state index contributed by atoms with van der Waals surface area (Å²) in [7, 11) is 0. The van der Waals surface area contributed by atoms with Gasteiger partial charge in [0.25, 0.3) is 0 Å². The SMILES string of the molecule is CC(C)(C)N1C(=O)OCCC1CO. The molecule has 13 heavy (non-hydrogen) atoms. The largest absolute Gasteiger partial charge is 0.449 e. The smallest absolute Gasteiger partial charge is 0.410 e. The fourth-order valence-electron chi connectivity index (χ4n) is 1.62. The van der Waals surface area contributed by atoms with Crippen molar-refractivity contribution < 1.29 is 14.6 Å². The number of ether oxygens (including phenoxy) is 1. The fraction of sp³-hybridized carbons (Fsp3) is 0.889. The molecule has 1 aliphatic rings. The maximum absolute atomic E-state index is 11.4. The van der Waals surface area contributed by atoms with Crippen LogP contribution in [0, 0.1) is 0 Å². The number of hydrogen-bond acceptors (Lipinski definition) is 3. The predicted molar refractivity (Wildman–Crippen MR) is 48.4 cm³/mol. The first kappa shape index (κ1) is 10.3. The quantitative estimate of drug-likeness (QED) is 0.666. The Morgan fingerprint density at radius 2 is 2.23 bits per heavy atom. The molecule has 0 aromatic carbocycles. The molecule has 1 N–H and O–H groups in total. The van der Waals surface area contributed by atoms with Crippen LogP contribution >= 0.6 is 0 Å². The highest BCUT2D eigenvalue weighted by atomic mass is 16.6. The first-order valence-corrected chi connectivity index (χ1v) is 4.54. The number of carbonyl (C=O) groups excluding carboxylic acids is 1. The zero-order valence-corrected chi connectivity index (χ0v) is 8.41. The third-order valence-electron chi connectivity index (χ3n) is 2.17. The summed E-state index contributed by atoms with van der Waals surface area (Å²) < 4.78 is 4.92. The monoisotopic (exact) mass is 187 g/mol. The summed E-state index contributed by atoms with van der Waals surface area (Å²) in [5.41, 5.74) is -0.287. The minimum atomic E-state index is -0.321. The molecule has 0 aliphatic carbocycles. The molecule has 1 heterocycles. The van der Waals surface area contributed by atoms with E-state index >= 15 is 0 Å². The number of rotatable bonds is 1. The van der Waals surface area contributed by atoms with Crippen molar-refractivity contribution in [3.05, 3.63) is 0 Å². The van der Waals surface area contributed by atoms with Gasteiger partial charge in [-0.2, -0.15) is 0 Å². The Bertz CT molecular complexity index is 198. The van der Waals surface area contributed by atoms with Crippen LogP contribution in [0.5, 0.6) is 0 Å². The van der Waals surface area contributed by atoms with Crippen molar-refractivity contribution in [2.24, 2.45) is 0 Å². The molecule has 0 aromatic heterocycles. The van der Waals surface area contributed by atoms with Crippen molar-refractivity contribution in [1.82, 2.24) is 4.90 Å². The minimum absolute atomic E-state index is 0.00632. The Balaban J connectivity index is 2.80.